The Hall–Kier alpha value is -0.580. The van der Waals surface area contributed by atoms with Gasteiger partial charge in [-0.3, -0.25) is 9.59 Å². The molecular formula is C13H13Cl2FO2S. The standard InChI is InChI=1S/C13H13Cl2FO2S/c1-13(2,3)6-11(17)19-10-4-7(12(15)18)9(16)5-8(10)14/h4-5H,6H2,1-3H3. The molecule has 0 fully saturated rings. The zero-order chi connectivity index (χ0) is 14.8. The third-order valence-electron chi connectivity index (χ3n) is 2.13. The van der Waals surface area contributed by atoms with Crippen LogP contribution < -0.4 is 0 Å². The van der Waals surface area contributed by atoms with Crippen molar-refractivity contribution in [2.45, 2.75) is 32.1 Å². The van der Waals surface area contributed by atoms with Crippen molar-refractivity contribution in [1.29, 1.82) is 0 Å². The second-order valence-corrected chi connectivity index (χ2v) is 7.10. The van der Waals surface area contributed by atoms with E-state index in [0.717, 1.165) is 17.8 Å². The predicted molar refractivity (Wildman–Crippen MR) is 76.5 cm³/mol. The molecule has 0 unspecified atom stereocenters. The van der Waals surface area contributed by atoms with Crippen molar-refractivity contribution in [3.63, 3.8) is 0 Å². The van der Waals surface area contributed by atoms with Crippen molar-refractivity contribution >= 4 is 45.3 Å². The van der Waals surface area contributed by atoms with E-state index in [2.05, 4.69) is 0 Å². The molecule has 104 valence electrons. The topological polar surface area (TPSA) is 34.1 Å². The molecule has 0 radical (unpaired) electrons. The van der Waals surface area contributed by atoms with Crippen molar-refractivity contribution in [2.24, 2.45) is 5.41 Å². The third-order valence-corrected chi connectivity index (χ3v) is 3.69. The van der Waals surface area contributed by atoms with E-state index >= 15 is 0 Å². The number of hydrogen-bond donors (Lipinski definition) is 0. The molecule has 0 atom stereocenters. The molecule has 0 amide bonds. The van der Waals surface area contributed by atoms with Crippen LogP contribution in [0.3, 0.4) is 0 Å². The summed E-state index contributed by atoms with van der Waals surface area (Å²) in [4.78, 5) is 23.2. The maximum atomic E-state index is 13.4. The molecule has 0 saturated carbocycles. The van der Waals surface area contributed by atoms with Gasteiger partial charge in [-0.2, -0.15) is 0 Å². The normalized spacial score (nSPS) is 11.5. The molecule has 19 heavy (non-hydrogen) atoms. The summed E-state index contributed by atoms with van der Waals surface area (Å²) in [5, 5.41) is -0.931. The predicted octanol–water partition coefficient (Wildman–Crippen LogP) is 4.91. The Morgan fingerprint density at radius 3 is 2.37 bits per heavy atom. The van der Waals surface area contributed by atoms with E-state index in [9.17, 15) is 14.0 Å². The average Bonchev–Trinajstić information content (AvgIpc) is 2.18. The zero-order valence-corrected chi connectivity index (χ0v) is 13.0. The first-order valence-electron chi connectivity index (χ1n) is 5.50. The Morgan fingerprint density at radius 1 is 1.32 bits per heavy atom. The molecule has 1 rings (SSSR count). The van der Waals surface area contributed by atoms with Gasteiger partial charge in [-0.25, -0.2) is 4.39 Å². The van der Waals surface area contributed by atoms with Crippen LogP contribution in [0.1, 0.15) is 37.6 Å². The lowest BCUT2D eigenvalue weighted by Crippen LogP contribution is -2.10. The van der Waals surface area contributed by atoms with Crippen molar-refractivity contribution in [3.8, 4) is 0 Å². The summed E-state index contributed by atoms with van der Waals surface area (Å²) >= 11 is 12.0. The van der Waals surface area contributed by atoms with Crippen LogP contribution in [0.2, 0.25) is 5.02 Å². The molecule has 0 heterocycles. The number of benzene rings is 1. The summed E-state index contributed by atoms with van der Waals surface area (Å²) < 4.78 is 13.4. The Kier molecular flexibility index (Phi) is 5.42. The van der Waals surface area contributed by atoms with Crippen LogP contribution in [0.25, 0.3) is 0 Å². The summed E-state index contributed by atoms with van der Waals surface area (Å²) in [5.41, 5.74) is -0.432. The second-order valence-electron chi connectivity index (χ2n) is 5.25. The number of rotatable bonds is 3. The highest BCUT2D eigenvalue weighted by Gasteiger charge is 2.20. The van der Waals surface area contributed by atoms with E-state index in [1.807, 2.05) is 20.8 Å². The molecular weight excluding hydrogens is 310 g/mol. The molecule has 0 aliphatic heterocycles. The van der Waals surface area contributed by atoms with Crippen molar-refractivity contribution in [1.82, 2.24) is 0 Å². The first-order valence-corrected chi connectivity index (χ1v) is 7.07. The van der Waals surface area contributed by atoms with Gasteiger partial charge in [0.25, 0.3) is 5.24 Å². The summed E-state index contributed by atoms with van der Waals surface area (Å²) in [6.45, 7) is 5.81. The van der Waals surface area contributed by atoms with Gasteiger partial charge in [-0.05, 0) is 29.1 Å². The van der Waals surface area contributed by atoms with E-state index in [1.165, 1.54) is 6.07 Å². The number of hydrogen-bond acceptors (Lipinski definition) is 3. The van der Waals surface area contributed by atoms with Crippen molar-refractivity contribution < 1.29 is 14.0 Å². The zero-order valence-electron chi connectivity index (χ0n) is 10.7. The first kappa shape index (κ1) is 16.5. The molecule has 2 nitrogen and oxygen atoms in total. The third kappa shape index (κ3) is 5.13. The van der Waals surface area contributed by atoms with Gasteiger partial charge in [-0.15, -0.1) is 0 Å². The molecule has 6 heteroatoms. The van der Waals surface area contributed by atoms with Crippen LogP contribution in [0.4, 0.5) is 4.39 Å². The Morgan fingerprint density at radius 2 is 1.89 bits per heavy atom. The highest BCUT2D eigenvalue weighted by atomic mass is 35.5. The minimum Gasteiger partial charge on any atom is -0.287 e. The minimum atomic E-state index is -0.917. The van der Waals surface area contributed by atoms with Crippen LogP contribution in [0.5, 0.6) is 0 Å². The summed E-state index contributed by atoms with van der Waals surface area (Å²) in [6, 6.07) is 2.20. The monoisotopic (exact) mass is 322 g/mol. The molecule has 0 spiro atoms. The quantitative estimate of drug-likeness (QED) is 0.585. The van der Waals surface area contributed by atoms with Gasteiger partial charge < -0.3 is 0 Å². The molecule has 0 N–H and O–H groups in total. The van der Waals surface area contributed by atoms with Gasteiger partial charge in [0, 0.05) is 11.3 Å². The van der Waals surface area contributed by atoms with Crippen molar-refractivity contribution in [2.75, 3.05) is 0 Å². The van der Waals surface area contributed by atoms with Gasteiger partial charge in [-0.1, -0.05) is 44.1 Å². The SMILES string of the molecule is CC(C)(C)CC(=O)Sc1cc(C(=O)Cl)c(F)cc1Cl. The lowest BCUT2D eigenvalue weighted by molar-refractivity contribution is -0.112. The van der Waals surface area contributed by atoms with Crippen LogP contribution in [0, 0.1) is 11.2 Å². The van der Waals surface area contributed by atoms with Gasteiger partial charge in [0.2, 0.25) is 0 Å². The molecule has 1 aromatic rings. The van der Waals surface area contributed by atoms with E-state index in [4.69, 9.17) is 23.2 Å². The second kappa shape index (κ2) is 6.25. The fraction of sp³-hybridized carbons (Fsp3) is 0.385. The van der Waals surface area contributed by atoms with Crippen LogP contribution in [-0.2, 0) is 4.79 Å². The van der Waals surface area contributed by atoms with Crippen LogP contribution in [0.15, 0.2) is 17.0 Å². The van der Waals surface area contributed by atoms with Crippen molar-refractivity contribution in [3.05, 3.63) is 28.5 Å². The number of carbonyl (C=O) groups is 2. The molecule has 0 aliphatic rings. The maximum absolute atomic E-state index is 13.4. The van der Waals surface area contributed by atoms with E-state index in [1.54, 1.807) is 0 Å². The van der Waals surface area contributed by atoms with Crippen LogP contribution >= 0.6 is 35.0 Å². The minimum absolute atomic E-state index is 0.0893. The first-order chi connectivity index (χ1) is 8.60. The lowest BCUT2D eigenvalue weighted by atomic mass is 9.93. The molecule has 0 saturated heterocycles. The summed E-state index contributed by atoms with van der Waals surface area (Å²) in [6.07, 6.45) is 0.343. The fourth-order valence-electron chi connectivity index (χ4n) is 1.35. The summed E-state index contributed by atoms with van der Waals surface area (Å²) in [5.74, 6) is -0.794. The smallest absolute Gasteiger partial charge is 0.255 e. The van der Waals surface area contributed by atoms with Gasteiger partial charge >= 0.3 is 0 Å². The Bertz CT molecular complexity index is 524. The fourth-order valence-corrected chi connectivity index (χ4v) is 2.84. The number of halogens is 3. The molecule has 0 bridgehead atoms. The molecule has 0 aromatic heterocycles. The Balaban J connectivity index is 2.99. The largest absolute Gasteiger partial charge is 0.287 e. The number of thioether (sulfide) groups is 1. The lowest BCUT2D eigenvalue weighted by Gasteiger charge is -2.16. The van der Waals surface area contributed by atoms with E-state index < -0.39 is 11.1 Å². The average molecular weight is 323 g/mol. The van der Waals surface area contributed by atoms with Gasteiger partial charge in [0.15, 0.2) is 5.12 Å². The summed E-state index contributed by atoms with van der Waals surface area (Å²) in [7, 11) is 0. The van der Waals surface area contributed by atoms with Gasteiger partial charge in [0.05, 0.1) is 10.6 Å². The van der Waals surface area contributed by atoms with E-state index in [-0.39, 0.29) is 21.1 Å². The molecule has 0 aliphatic carbocycles. The van der Waals surface area contributed by atoms with E-state index in [0.29, 0.717) is 11.3 Å². The highest BCUT2D eigenvalue weighted by Crippen LogP contribution is 2.33. The highest BCUT2D eigenvalue weighted by molar-refractivity contribution is 8.13. The molecule has 1 aromatic carbocycles. The van der Waals surface area contributed by atoms with Gasteiger partial charge in [0.1, 0.15) is 5.82 Å². The number of carbonyl (C=O) groups excluding carboxylic acids is 2. The maximum Gasteiger partial charge on any atom is 0.255 e. The van der Waals surface area contributed by atoms with Crippen LogP contribution in [-0.4, -0.2) is 10.4 Å². The Labute approximate surface area is 125 Å².